The minimum Gasteiger partial charge on any atom is -0.330 e. The highest BCUT2D eigenvalue weighted by Gasteiger charge is 2.37. The predicted octanol–water partition coefficient (Wildman–Crippen LogP) is 3.26. The van der Waals surface area contributed by atoms with Crippen LogP contribution < -0.4 is 5.73 Å². The van der Waals surface area contributed by atoms with Crippen LogP contribution in [-0.2, 0) is 5.41 Å². The van der Waals surface area contributed by atoms with Crippen LogP contribution in [0.25, 0.3) is 0 Å². The van der Waals surface area contributed by atoms with E-state index in [-0.39, 0.29) is 12.1 Å². The van der Waals surface area contributed by atoms with Gasteiger partial charge < -0.3 is 5.73 Å². The fraction of sp³-hybridized carbons (Fsp3) is 0.538. The fourth-order valence-electron chi connectivity index (χ4n) is 2.83. The van der Waals surface area contributed by atoms with Gasteiger partial charge in [0.25, 0.3) is 0 Å². The average Bonchev–Trinajstić information content (AvgIpc) is 2.28. The van der Waals surface area contributed by atoms with Crippen molar-refractivity contribution in [3.63, 3.8) is 0 Å². The first kappa shape index (κ1) is 12.4. The van der Waals surface area contributed by atoms with Gasteiger partial charge in [0, 0.05) is 29.7 Å². The van der Waals surface area contributed by atoms with Crippen LogP contribution in [0.5, 0.6) is 0 Å². The Bertz CT molecular complexity index is 388. The lowest BCUT2D eigenvalue weighted by Gasteiger charge is -2.37. The first-order valence-corrected chi connectivity index (χ1v) is 5.94. The molecule has 4 heteroatoms. The Morgan fingerprint density at radius 2 is 1.53 bits per heavy atom. The summed E-state index contributed by atoms with van der Waals surface area (Å²) in [5.74, 6) is -2.50. The first-order chi connectivity index (χ1) is 8.09. The lowest BCUT2D eigenvalue weighted by Crippen LogP contribution is -2.39. The lowest BCUT2D eigenvalue weighted by atomic mass is 9.69. The molecule has 0 heterocycles. The quantitative estimate of drug-likeness (QED) is 0.847. The molecular weight excluding hydrogens is 227 g/mol. The normalized spacial score (nSPS) is 19.3. The maximum atomic E-state index is 13.8. The monoisotopic (exact) mass is 243 g/mol. The molecule has 1 aliphatic rings. The number of halogens is 3. The van der Waals surface area contributed by atoms with Crippen molar-refractivity contribution in [2.24, 2.45) is 5.73 Å². The van der Waals surface area contributed by atoms with E-state index in [4.69, 9.17) is 5.73 Å². The maximum Gasteiger partial charge on any atom is 0.132 e. The zero-order chi connectivity index (χ0) is 12.5. The summed E-state index contributed by atoms with van der Waals surface area (Å²) in [7, 11) is 0. The largest absolute Gasteiger partial charge is 0.330 e. The minimum atomic E-state index is -0.883. The molecule has 0 aromatic heterocycles. The molecule has 0 unspecified atom stereocenters. The van der Waals surface area contributed by atoms with Crippen LogP contribution in [-0.4, -0.2) is 6.54 Å². The van der Waals surface area contributed by atoms with Gasteiger partial charge in [-0.05, 0) is 12.8 Å². The van der Waals surface area contributed by atoms with Crippen LogP contribution in [0.1, 0.15) is 37.7 Å². The van der Waals surface area contributed by atoms with Gasteiger partial charge in [0.2, 0.25) is 0 Å². The Morgan fingerprint density at radius 3 is 2.00 bits per heavy atom. The summed E-state index contributed by atoms with van der Waals surface area (Å²) in [4.78, 5) is 0. The summed E-state index contributed by atoms with van der Waals surface area (Å²) in [5, 5.41) is 0. The molecule has 1 aliphatic carbocycles. The average molecular weight is 243 g/mol. The molecular formula is C13H16F3N. The van der Waals surface area contributed by atoms with Crippen LogP contribution >= 0.6 is 0 Å². The molecule has 1 aromatic rings. The second kappa shape index (κ2) is 4.69. The Balaban J connectivity index is 2.50. The molecule has 1 nitrogen and oxygen atoms in total. The van der Waals surface area contributed by atoms with Crippen molar-refractivity contribution in [3.8, 4) is 0 Å². The van der Waals surface area contributed by atoms with Crippen molar-refractivity contribution < 1.29 is 13.2 Å². The van der Waals surface area contributed by atoms with Crippen molar-refractivity contribution in [2.45, 2.75) is 37.5 Å². The van der Waals surface area contributed by atoms with Gasteiger partial charge in [-0.15, -0.1) is 0 Å². The molecule has 1 fully saturated rings. The summed E-state index contributed by atoms with van der Waals surface area (Å²) in [6.45, 7) is 0.201. The van der Waals surface area contributed by atoms with Crippen LogP contribution in [0.15, 0.2) is 12.1 Å². The van der Waals surface area contributed by atoms with E-state index in [1.165, 1.54) is 0 Å². The molecule has 1 aromatic carbocycles. The molecule has 1 saturated carbocycles. The SMILES string of the molecule is NCC1(c2c(F)cc(F)cc2F)CCCCC1. The molecule has 0 saturated heterocycles. The second-order valence-corrected chi connectivity index (χ2v) is 4.79. The van der Waals surface area contributed by atoms with Crippen LogP contribution in [0, 0.1) is 17.5 Å². The van der Waals surface area contributed by atoms with Crippen molar-refractivity contribution in [2.75, 3.05) is 6.54 Å². The summed E-state index contributed by atoms with van der Waals surface area (Å²) in [6, 6.07) is 1.48. The molecule has 17 heavy (non-hydrogen) atoms. The number of hydrogen-bond acceptors (Lipinski definition) is 1. The summed E-state index contributed by atoms with van der Waals surface area (Å²) in [5.41, 5.74) is 5.04. The highest BCUT2D eigenvalue weighted by molar-refractivity contribution is 5.30. The number of hydrogen-bond donors (Lipinski definition) is 1. The Labute approximate surface area is 98.8 Å². The summed E-state index contributed by atoms with van der Waals surface area (Å²) >= 11 is 0. The van der Waals surface area contributed by atoms with Crippen molar-refractivity contribution in [1.29, 1.82) is 0 Å². The molecule has 0 spiro atoms. The molecule has 0 bridgehead atoms. The van der Waals surface area contributed by atoms with Gasteiger partial charge in [-0.3, -0.25) is 0 Å². The van der Waals surface area contributed by atoms with E-state index < -0.39 is 22.9 Å². The zero-order valence-electron chi connectivity index (χ0n) is 9.61. The first-order valence-electron chi connectivity index (χ1n) is 5.94. The highest BCUT2D eigenvalue weighted by Crippen LogP contribution is 2.41. The smallest absolute Gasteiger partial charge is 0.132 e. The molecule has 0 atom stereocenters. The van der Waals surface area contributed by atoms with Gasteiger partial charge in [0.1, 0.15) is 17.5 Å². The van der Waals surface area contributed by atoms with E-state index in [0.29, 0.717) is 12.8 Å². The van der Waals surface area contributed by atoms with Gasteiger partial charge in [0.15, 0.2) is 0 Å². The molecule has 2 rings (SSSR count). The second-order valence-electron chi connectivity index (χ2n) is 4.79. The van der Waals surface area contributed by atoms with Gasteiger partial charge in [-0.25, -0.2) is 13.2 Å². The van der Waals surface area contributed by atoms with Crippen molar-refractivity contribution in [1.82, 2.24) is 0 Å². The Hall–Kier alpha value is -1.03. The number of nitrogens with two attached hydrogens (primary N) is 1. The summed E-state index contributed by atoms with van der Waals surface area (Å²) in [6.07, 6.45) is 4.22. The van der Waals surface area contributed by atoms with Crippen LogP contribution in [0.2, 0.25) is 0 Å². The predicted molar refractivity (Wildman–Crippen MR) is 60.1 cm³/mol. The number of rotatable bonds is 2. The highest BCUT2D eigenvalue weighted by atomic mass is 19.1. The third-order valence-corrected chi connectivity index (χ3v) is 3.74. The van der Waals surface area contributed by atoms with Crippen LogP contribution in [0.3, 0.4) is 0 Å². The van der Waals surface area contributed by atoms with E-state index >= 15 is 0 Å². The third-order valence-electron chi connectivity index (χ3n) is 3.74. The topological polar surface area (TPSA) is 26.0 Å². The van der Waals surface area contributed by atoms with E-state index in [1.807, 2.05) is 0 Å². The third kappa shape index (κ3) is 2.18. The van der Waals surface area contributed by atoms with E-state index in [2.05, 4.69) is 0 Å². The van der Waals surface area contributed by atoms with Crippen molar-refractivity contribution in [3.05, 3.63) is 35.1 Å². The van der Waals surface area contributed by atoms with Gasteiger partial charge in [0.05, 0.1) is 0 Å². The molecule has 2 N–H and O–H groups in total. The molecule has 0 radical (unpaired) electrons. The number of benzene rings is 1. The Morgan fingerprint density at radius 1 is 1.00 bits per heavy atom. The fourth-order valence-corrected chi connectivity index (χ4v) is 2.83. The van der Waals surface area contributed by atoms with Crippen molar-refractivity contribution >= 4 is 0 Å². The van der Waals surface area contributed by atoms with Crippen LogP contribution in [0.4, 0.5) is 13.2 Å². The standard InChI is InChI=1S/C13H16F3N/c14-9-6-10(15)12(11(16)7-9)13(8-17)4-2-1-3-5-13/h6-7H,1-5,8,17H2. The molecule has 0 amide bonds. The molecule has 94 valence electrons. The van der Waals surface area contributed by atoms with E-state index in [0.717, 1.165) is 31.4 Å². The Kier molecular flexibility index (Phi) is 3.43. The van der Waals surface area contributed by atoms with Gasteiger partial charge in [-0.1, -0.05) is 19.3 Å². The lowest BCUT2D eigenvalue weighted by molar-refractivity contribution is 0.280. The van der Waals surface area contributed by atoms with Gasteiger partial charge in [-0.2, -0.15) is 0 Å². The van der Waals surface area contributed by atoms with E-state index in [1.54, 1.807) is 0 Å². The van der Waals surface area contributed by atoms with Gasteiger partial charge >= 0.3 is 0 Å². The zero-order valence-corrected chi connectivity index (χ0v) is 9.61. The maximum absolute atomic E-state index is 13.8. The minimum absolute atomic E-state index is 0.0268. The molecule has 0 aliphatic heterocycles. The summed E-state index contributed by atoms with van der Waals surface area (Å²) < 4.78 is 40.5. The van der Waals surface area contributed by atoms with E-state index in [9.17, 15) is 13.2 Å².